The SMILES string of the molecule is CCOC(=O)c1ccc(N2CCN(c3ccc(N4CCC(c5ccccc5)CC4)cc3)CC2)cc1. The second-order valence-corrected chi connectivity index (χ2v) is 9.43. The fourth-order valence-electron chi connectivity index (χ4n) is 5.32. The number of hydrogen-bond donors (Lipinski definition) is 0. The molecule has 0 bridgehead atoms. The van der Waals surface area contributed by atoms with Gasteiger partial charge >= 0.3 is 5.97 Å². The second-order valence-electron chi connectivity index (χ2n) is 9.43. The Kier molecular flexibility index (Phi) is 7.22. The van der Waals surface area contributed by atoms with Crippen LogP contribution in [0.3, 0.4) is 0 Å². The molecule has 5 heteroatoms. The third-order valence-corrected chi connectivity index (χ3v) is 7.37. The van der Waals surface area contributed by atoms with Crippen LogP contribution in [0.5, 0.6) is 0 Å². The third kappa shape index (κ3) is 5.45. The minimum absolute atomic E-state index is 0.257. The molecule has 3 aromatic carbocycles. The number of piperidine rings is 1. The Labute approximate surface area is 208 Å². The molecule has 0 amide bonds. The van der Waals surface area contributed by atoms with Gasteiger partial charge in [0.05, 0.1) is 12.2 Å². The highest BCUT2D eigenvalue weighted by Crippen LogP contribution is 2.31. The number of rotatable bonds is 6. The smallest absolute Gasteiger partial charge is 0.338 e. The number of esters is 1. The summed E-state index contributed by atoms with van der Waals surface area (Å²) < 4.78 is 5.08. The van der Waals surface area contributed by atoms with Crippen LogP contribution in [0.1, 0.15) is 41.6 Å². The van der Waals surface area contributed by atoms with Gasteiger partial charge in [-0.3, -0.25) is 0 Å². The van der Waals surface area contributed by atoms with E-state index in [1.807, 2.05) is 31.2 Å². The zero-order chi connectivity index (χ0) is 24.0. The Morgan fingerprint density at radius 1 is 0.686 bits per heavy atom. The average molecular weight is 470 g/mol. The number of hydrogen-bond acceptors (Lipinski definition) is 5. The predicted octanol–water partition coefficient (Wildman–Crippen LogP) is 5.57. The monoisotopic (exact) mass is 469 g/mol. The van der Waals surface area contributed by atoms with Crippen LogP contribution in [-0.4, -0.2) is 51.8 Å². The summed E-state index contributed by atoms with van der Waals surface area (Å²) in [4.78, 5) is 19.3. The van der Waals surface area contributed by atoms with Gasteiger partial charge in [-0.25, -0.2) is 4.79 Å². The van der Waals surface area contributed by atoms with E-state index in [1.165, 1.54) is 29.8 Å². The van der Waals surface area contributed by atoms with Crippen LogP contribution in [0.25, 0.3) is 0 Å². The van der Waals surface area contributed by atoms with Crippen molar-refractivity contribution in [1.29, 1.82) is 0 Å². The molecule has 0 radical (unpaired) electrons. The molecule has 182 valence electrons. The molecule has 3 aromatic rings. The number of ether oxygens (including phenoxy) is 1. The quantitative estimate of drug-likeness (QED) is 0.441. The van der Waals surface area contributed by atoms with Crippen molar-refractivity contribution in [1.82, 2.24) is 0 Å². The van der Waals surface area contributed by atoms with Gasteiger partial charge in [0.15, 0.2) is 0 Å². The van der Waals surface area contributed by atoms with Crippen molar-refractivity contribution in [2.24, 2.45) is 0 Å². The highest BCUT2D eigenvalue weighted by atomic mass is 16.5. The summed E-state index contributed by atoms with van der Waals surface area (Å²) in [5.41, 5.74) is 5.88. The number of carbonyl (C=O) groups excluding carboxylic acids is 1. The van der Waals surface area contributed by atoms with Crippen molar-refractivity contribution < 1.29 is 9.53 Å². The standard InChI is InChI=1S/C30H35N3O2/c1-2-35-30(34)26-8-10-27(11-9-26)32-20-22-33(23-21-32)29-14-12-28(13-15-29)31-18-16-25(17-19-31)24-6-4-3-5-7-24/h3-15,25H,2,16-23H2,1H3. The Balaban J connectivity index is 1.12. The van der Waals surface area contributed by atoms with Crippen molar-refractivity contribution in [3.05, 3.63) is 90.0 Å². The fraction of sp³-hybridized carbons (Fsp3) is 0.367. The van der Waals surface area contributed by atoms with Crippen LogP contribution in [0, 0.1) is 0 Å². The lowest BCUT2D eigenvalue weighted by Gasteiger charge is -2.38. The number of nitrogens with zero attached hydrogens (tertiary/aromatic N) is 3. The Bertz CT molecular complexity index is 1080. The molecule has 2 saturated heterocycles. The van der Waals surface area contributed by atoms with Crippen molar-refractivity contribution >= 4 is 23.0 Å². The first-order chi connectivity index (χ1) is 17.2. The van der Waals surface area contributed by atoms with Crippen LogP contribution >= 0.6 is 0 Å². The lowest BCUT2D eigenvalue weighted by Crippen LogP contribution is -2.46. The Morgan fingerprint density at radius 2 is 1.14 bits per heavy atom. The maximum Gasteiger partial charge on any atom is 0.338 e. The summed E-state index contributed by atoms with van der Waals surface area (Å²) in [6.07, 6.45) is 2.43. The second kappa shape index (κ2) is 10.9. The van der Waals surface area contributed by atoms with Crippen LogP contribution in [0.2, 0.25) is 0 Å². The first kappa shape index (κ1) is 23.3. The van der Waals surface area contributed by atoms with Crippen LogP contribution in [-0.2, 0) is 4.74 Å². The fourth-order valence-corrected chi connectivity index (χ4v) is 5.32. The van der Waals surface area contributed by atoms with Gasteiger partial charge in [0.1, 0.15) is 0 Å². The molecule has 2 heterocycles. The maximum absolute atomic E-state index is 11.9. The van der Waals surface area contributed by atoms with E-state index in [2.05, 4.69) is 69.3 Å². The summed E-state index contributed by atoms with van der Waals surface area (Å²) in [5, 5.41) is 0. The summed E-state index contributed by atoms with van der Waals surface area (Å²) >= 11 is 0. The van der Waals surface area contributed by atoms with E-state index >= 15 is 0 Å². The molecule has 0 atom stereocenters. The third-order valence-electron chi connectivity index (χ3n) is 7.37. The van der Waals surface area contributed by atoms with Gasteiger partial charge in [-0.05, 0) is 79.8 Å². The molecule has 5 nitrogen and oxygen atoms in total. The van der Waals surface area contributed by atoms with Crippen molar-refractivity contribution in [3.8, 4) is 0 Å². The summed E-state index contributed by atoms with van der Waals surface area (Å²) in [5.74, 6) is 0.428. The highest BCUT2D eigenvalue weighted by molar-refractivity contribution is 5.89. The molecule has 2 fully saturated rings. The maximum atomic E-state index is 11.9. The summed E-state index contributed by atoms with van der Waals surface area (Å²) in [7, 11) is 0. The van der Waals surface area contributed by atoms with Crippen molar-refractivity contribution in [3.63, 3.8) is 0 Å². The molecule has 2 aliphatic heterocycles. The normalized spacial score (nSPS) is 16.9. The lowest BCUT2D eigenvalue weighted by atomic mass is 9.89. The zero-order valence-corrected chi connectivity index (χ0v) is 20.6. The van der Waals surface area contributed by atoms with E-state index in [0.29, 0.717) is 18.1 Å². The Hall–Kier alpha value is -3.47. The van der Waals surface area contributed by atoms with Gasteiger partial charge < -0.3 is 19.4 Å². The van der Waals surface area contributed by atoms with E-state index in [-0.39, 0.29) is 5.97 Å². The summed E-state index contributed by atoms with van der Waals surface area (Å²) in [6.45, 7) is 8.37. The van der Waals surface area contributed by atoms with E-state index in [9.17, 15) is 4.79 Å². The molecular formula is C30H35N3O2. The first-order valence-electron chi connectivity index (χ1n) is 12.9. The molecule has 2 aliphatic rings. The lowest BCUT2D eigenvalue weighted by molar-refractivity contribution is 0.0526. The van der Waals surface area contributed by atoms with Crippen molar-refractivity contribution in [2.75, 3.05) is 60.6 Å². The minimum Gasteiger partial charge on any atom is -0.462 e. The molecule has 0 spiro atoms. The molecule has 0 N–H and O–H groups in total. The summed E-state index contributed by atoms with van der Waals surface area (Å²) in [6, 6.07) is 27.9. The zero-order valence-electron chi connectivity index (χ0n) is 20.6. The number of benzene rings is 3. The largest absolute Gasteiger partial charge is 0.462 e. The van der Waals surface area contributed by atoms with E-state index < -0.39 is 0 Å². The molecular weight excluding hydrogens is 434 g/mol. The van der Waals surface area contributed by atoms with Gasteiger partial charge in [-0.2, -0.15) is 0 Å². The van der Waals surface area contributed by atoms with Gasteiger partial charge in [0, 0.05) is 56.3 Å². The topological polar surface area (TPSA) is 36.0 Å². The molecule has 0 unspecified atom stereocenters. The van der Waals surface area contributed by atoms with Crippen LogP contribution < -0.4 is 14.7 Å². The first-order valence-corrected chi connectivity index (χ1v) is 12.9. The highest BCUT2D eigenvalue weighted by Gasteiger charge is 2.22. The Morgan fingerprint density at radius 3 is 1.63 bits per heavy atom. The van der Waals surface area contributed by atoms with E-state index in [0.717, 1.165) is 45.0 Å². The van der Waals surface area contributed by atoms with Gasteiger partial charge in [-0.15, -0.1) is 0 Å². The molecule has 0 aromatic heterocycles. The van der Waals surface area contributed by atoms with Gasteiger partial charge in [-0.1, -0.05) is 30.3 Å². The van der Waals surface area contributed by atoms with E-state index in [1.54, 1.807) is 0 Å². The number of piperazine rings is 1. The predicted molar refractivity (Wildman–Crippen MR) is 144 cm³/mol. The average Bonchev–Trinajstić information content (AvgIpc) is 2.94. The van der Waals surface area contributed by atoms with Gasteiger partial charge in [0.2, 0.25) is 0 Å². The number of carbonyl (C=O) groups is 1. The molecule has 0 saturated carbocycles. The van der Waals surface area contributed by atoms with Gasteiger partial charge in [0.25, 0.3) is 0 Å². The van der Waals surface area contributed by atoms with Crippen LogP contribution in [0.4, 0.5) is 17.1 Å². The molecule has 35 heavy (non-hydrogen) atoms. The van der Waals surface area contributed by atoms with E-state index in [4.69, 9.17) is 4.74 Å². The minimum atomic E-state index is -0.257. The van der Waals surface area contributed by atoms with Crippen molar-refractivity contribution in [2.45, 2.75) is 25.7 Å². The molecule has 0 aliphatic carbocycles. The number of anilines is 3. The molecule has 5 rings (SSSR count). The van der Waals surface area contributed by atoms with Crippen LogP contribution in [0.15, 0.2) is 78.9 Å².